The Morgan fingerprint density at radius 1 is 1.11 bits per heavy atom. The van der Waals surface area contributed by atoms with Crippen LogP contribution < -0.4 is 10.6 Å². The summed E-state index contributed by atoms with van der Waals surface area (Å²) in [7, 11) is 0. The number of nitrogens with one attached hydrogen (secondary N) is 2. The van der Waals surface area contributed by atoms with E-state index in [0.29, 0.717) is 11.3 Å². The van der Waals surface area contributed by atoms with Crippen molar-refractivity contribution in [2.75, 3.05) is 18.4 Å². The maximum Gasteiger partial charge on any atom is 0.293 e. The monoisotopic (exact) mass is 366 g/mol. The maximum absolute atomic E-state index is 13.1. The van der Waals surface area contributed by atoms with Crippen LogP contribution in [0.5, 0.6) is 0 Å². The summed E-state index contributed by atoms with van der Waals surface area (Å²) in [4.78, 5) is 26.2. The molecular weight excluding hydrogens is 344 g/mol. The summed E-state index contributed by atoms with van der Waals surface area (Å²) in [6, 6.07) is 14.4. The number of nitrogens with zero attached hydrogens (tertiary/aromatic N) is 2. The number of amides is 1. The van der Waals surface area contributed by atoms with Crippen molar-refractivity contribution in [3.8, 4) is 0 Å². The van der Waals surface area contributed by atoms with E-state index in [4.69, 9.17) is 0 Å². The third-order valence-electron chi connectivity index (χ3n) is 5.38. The van der Waals surface area contributed by atoms with Gasteiger partial charge in [-0.1, -0.05) is 18.2 Å². The van der Waals surface area contributed by atoms with Crippen LogP contribution in [0.3, 0.4) is 0 Å². The fourth-order valence-electron chi connectivity index (χ4n) is 4.06. The number of benzene rings is 2. The molecule has 140 valence electrons. The number of hydrogen-bond acceptors (Lipinski definition) is 5. The smallest absolute Gasteiger partial charge is 0.293 e. The molecule has 2 aliphatic heterocycles. The van der Waals surface area contributed by atoms with Crippen LogP contribution >= 0.6 is 0 Å². The highest BCUT2D eigenvalue weighted by molar-refractivity contribution is 5.96. The van der Waals surface area contributed by atoms with E-state index in [1.807, 2.05) is 35.2 Å². The number of anilines is 2. The molecular formula is C20H22N4O3. The minimum atomic E-state index is -0.444. The van der Waals surface area contributed by atoms with Crippen LogP contribution in [-0.2, 0) is 0 Å². The minimum Gasteiger partial charge on any atom is -0.350 e. The lowest BCUT2D eigenvalue weighted by Crippen LogP contribution is -2.42. The Morgan fingerprint density at radius 2 is 1.89 bits per heavy atom. The zero-order chi connectivity index (χ0) is 18.8. The van der Waals surface area contributed by atoms with Crippen molar-refractivity contribution in [3.05, 3.63) is 64.2 Å². The van der Waals surface area contributed by atoms with Gasteiger partial charge in [-0.25, -0.2) is 0 Å². The Labute approximate surface area is 157 Å². The number of nitro benzene ring substituents is 1. The number of nitro groups is 1. The average Bonchev–Trinajstić information content (AvgIpc) is 2.94. The van der Waals surface area contributed by atoms with Crippen LogP contribution in [0, 0.1) is 10.1 Å². The lowest BCUT2D eigenvalue weighted by molar-refractivity contribution is -0.383. The fourth-order valence-corrected chi connectivity index (χ4v) is 4.06. The number of carbonyl (C=O) groups excluding carboxylic acids is 1. The van der Waals surface area contributed by atoms with E-state index in [1.54, 1.807) is 12.1 Å². The van der Waals surface area contributed by atoms with Crippen molar-refractivity contribution in [1.29, 1.82) is 0 Å². The van der Waals surface area contributed by atoms with Crippen LogP contribution in [0.1, 0.15) is 29.6 Å². The van der Waals surface area contributed by atoms with Crippen molar-refractivity contribution in [1.82, 2.24) is 10.2 Å². The van der Waals surface area contributed by atoms with Gasteiger partial charge in [-0.2, -0.15) is 0 Å². The second kappa shape index (κ2) is 7.36. The Kier molecular flexibility index (Phi) is 4.77. The highest BCUT2D eigenvalue weighted by Crippen LogP contribution is 2.33. The summed E-state index contributed by atoms with van der Waals surface area (Å²) in [5.74, 6) is -0.111. The molecule has 2 fully saturated rings. The molecule has 0 saturated carbocycles. The zero-order valence-corrected chi connectivity index (χ0v) is 14.9. The molecule has 1 amide bonds. The Balaban J connectivity index is 1.63. The third-order valence-corrected chi connectivity index (χ3v) is 5.38. The first kappa shape index (κ1) is 17.5. The molecule has 27 heavy (non-hydrogen) atoms. The Hall–Kier alpha value is -2.93. The minimum absolute atomic E-state index is 0.0926. The van der Waals surface area contributed by atoms with Gasteiger partial charge in [-0.3, -0.25) is 14.9 Å². The summed E-state index contributed by atoms with van der Waals surface area (Å²) in [5.41, 5.74) is 1.42. The molecule has 0 aromatic heterocycles. The first-order valence-electron chi connectivity index (χ1n) is 9.27. The maximum atomic E-state index is 13.1. The summed E-state index contributed by atoms with van der Waals surface area (Å²) >= 11 is 0. The van der Waals surface area contributed by atoms with Crippen molar-refractivity contribution in [3.63, 3.8) is 0 Å². The molecule has 0 spiro atoms. The molecule has 0 radical (unpaired) electrons. The molecule has 2 heterocycles. The summed E-state index contributed by atoms with van der Waals surface area (Å²) in [6.07, 6.45) is 2.92. The Bertz CT molecular complexity index is 842. The summed E-state index contributed by atoms with van der Waals surface area (Å²) < 4.78 is 0. The van der Waals surface area contributed by atoms with E-state index < -0.39 is 4.92 Å². The van der Waals surface area contributed by atoms with Crippen LogP contribution in [0.15, 0.2) is 48.5 Å². The number of carbonyl (C=O) groups is 1. The van der Waals surface area contributed by atoms with E-state index >= 15 is 0 Å². The topological polar surface area (TPSA) is 87.5 Å². The third kappa shape index (κ3) is 3.50. The number of hydrogen-bond donors (Lipinski definition) is 2. The molecule has 2 bridgehead atoms. The largest absolute Gasteiger partial charge is 0.350 e. The van der Waals surface area contributed by atoms with Gasteiger partial charge in [-0.15, -0.1) is 0 Å². The molecule has 2 saturated heterocycles. The van der Waals surface area contributed by atoms with Crippen LogP contribution in [0.25, 0.3) is 0 Å². The van der Waals surface area contributed by atoms with Crippen molar-refractivity contribution >= 4 is 23.0 Å². The van der Waals surface area contributed by atoms with Gasteiger partial charge in [0.05, 0.1) is 4.92 Å². The van der Waals surface area contributed by atoms with Crippen LogP contribution in [-0.4, -0.2) is 40.9 Å². The number of para-hydroxylation sites is 1. The molecule has 2 aromatic rings. The second-order valence-corrected chi connectivity index (χ2v) is 7.07. The van der Waals surface area contributed by atoms with Gasteiger partial charge in [0.15, 0.2) is 0 Å². The van der Waals surface area contributed by atoms with Gasteiger partial charge in [0, 0.05) is 35.9 Å². The molecule has 0 aliphatic carbocycles. The predicted octanol–water partition coefficient (Wildman–Crippen LogP) is 3.30. The van der Waals surface area contributed by atoms with E-state index in [0.717, 1.165) is 38.0 Å². The first-order valence-corrected chi connectivity index (χ1v) is 9.27. The summed E-state index contributed by atoms with van der Waals surface area (Å²) in [5, 5.41) is 18.0. The SMILES string of the molecule is O=C(c1ccc(Nc2ccccc2)c([N+](=O)[O-])c1)N1C2CCNCC1CC2. The number of fused-ring (bicyclic) bond motifs is 2. The highest BCUT2D eigenvalue weighted by atomic mass is 16.6. The highest BCUT2D eigenvalue weighted by Gasteiger charge is 2.38. The molecule has 2 atom stereocenters. The van der Waals surface area contributed by atoms with Gasteiger partial charge < -0.3 is 15.5 Å². The van der Waals surface area contributed by atoms with Gasteiger partial charge in [0.25, 0.3) is 11.6 Å². The fraction of sp³-hybridized carbons (Fsp3) is 0.350. The van der Waals surface area contributed by atoms with Crippen LogP contribution in [0.2, 0.25) is 0 Å². The van der Waals surface area contributed by atoms with Crippen molar-refractivity contribution in [2.24, 2.45) is 0 Å². The lowest BCUT2D eigenvalue weighted by Gasteiger charge is -2.28. The van der Waals surface area contributed by atoms with E-state index in [-0.39, 0.29) is 23.7 Å². The number of rotatable bonds is 4. The quantitative estimate of drug-likeness (QED) is 0.640. The molecule has 2 aliphatic rings. The predicted molar refractivity (Wildman–Crippen MR) is 103 cm³/mol. The molecule has 2 unspecified atom stereocenters. The molecule has 2 aromatic carbocycles. The zero-order valence-electron chi connectivity index (χ0n) is 14.9. The molecule has 7 nitrogen and oxygen atoms in total. The first-order chi connectivity index (χ1) is 13.1. The standard InChI is InChI=1S/C20H22N4O3/c25-20(23-16-7-8-17(23)13-21-11-10-16)14-6-9-18(19(12-14)24(26)27)22-15-4-2-1-3-5-15/h1-6,9,12,16-17,21-22H,7-8,10-11,13H2. The lowest BCUT2D eigenvalue weighted by atomic mass is 10.1. The van der Waals surface area contributed by atoms with Gasteiger partial charge in [0.2, 0.25) is 0 Å². The van der Waals surface area contributed by atoms with E-state index in [9.17, 15) is 14.9 Å². The molecule has 4 rings (SSSR count). The van der Waals surface area contributed by atoms with E-state index in [2.05, 4.69) is 10.6 Å². The van der Waals surface area contributed by atoms with Gasteiger partial charge in [0.1, 0.15) is 5.69 Å². The van der Waals surface area contributed by atoms with Crippen LogP contribution in [0.4, 0.5) is 17.1 Å². The Morgan fingerprint density at radius 3 is 2.67 bits per heavy atom. The second-order valence-electron chi connectivity index (χ2n) is 7.07. The van der Waals surface area contributed by atoms with Crippen molar-refractivity contribution in [2.45, 2.75) is 31.3 Å². The molecule has 7 heteroatoms. The van der Waals surface area contributed by atoms with Gasteiger partial charge in [-0.05, 0) is 50.1 Å². The summed E-state index contributed by atoms with van der Waals surface area (Å²) in [6.45, 7) is 1.70. The average molecular weight is 366 g/mol. The molecule has 2 N–H and O–H groups in total. The van der Waals surface area contributed by atoms with E-state index in [1.165, 1.54) is 6.07 Å². The van der Waals surface area contributed by atoms with Crippen molar-refractivity contribution < 1.29 is 9.72 Å². The van der Waals surface area contributed by atoms with Gasteiger partial charge >= 0.3 is 0 Å². The normalized spacial score (nSPS) is 21.6.